The topological polar surface area (TPSA) is 23.6 Å². The van der Waals surface area contributed by atoms with E-state index in [0.717, 1.165) is 6.42 Å². The quantitative estimate of drug-likeness (QED) is 0.541. The van der Waals surface area contributed by atoms with E-state index in [-0.39, 0.29) is 11.6 Å². The van der Waals surface area contributed by atoms with E-state index in [0.29, 0.717) is 6.04 Å². The SMILES string of the molecule is CC1CC(C)(C)N(C)C(=O)N1C. The molecule has 0 bridgehead atoms. The third-order valence-electron chi connectivity index (χ3n) is 2.95. The first kappa shape index (κ1) is 9.36. The average molecular weight is 170 g/mol. The van der Waals surface area contributed by atoms with E-state index in [1.165, 1.54) is 0 Å². The molecule has 0 aromatic rings. The molecule has 0 N–H and O–H groups in total. The van der Waals surface area contributed by atoms with Crippen molar-refractivity contribution in [2.75, 3.05) is 14.1 Å². The van der Waals surface area contributed by atoms with Crippen LogP contribution in [-0.2, 0) is 0 Å². The van der Waals surface area contributed by atoms with E-state index in [4.69, 9.17) is 0 Å². The van der Waals surface area contributed by atoms with Crippen molar-refractivity contribution in [2.24, 2.45) is 0 Å². The Labute approximate surface area is 74.3 Å². The van der Waals surface area contributed by atoms with Crippen molar-refractivity contribution in [2.45, 2.75) is 38.8 Å². The van der Waals surface area contributed by atoms with Crippen molar-refractivity contribution < 1.29 is 4.79 Å². The molecule has 0 radical (unpaired) electrons. The summed E-state index contributed by atoms with van der Waals surface area (Å²) < 4.78 is 0. The van der Waals surface area contributed by atoms with Crippen LogP contribution in [-0.4, -0.2) is 41.5 Å². The van der Waals surface area contributed by atoms with Crippen LogP contribution >= 0.6 is 0 Å². The molecule has 70 valence electrons. The number of rotatable bonds is 0. The molecule has 1 saturated heterocycles. The smallest absolute Gasteiger partial charge is 0.320 e. The second-order valence-corrected chi connectivity index (χ2v) is 4.32. The summed E-state index contributed by atoms with van der Waals surface area (Å²) in [5.74, 6) is 0. The third kappa shape index (κ3) is 1.28. The van der Waals surface area contributed by atoms with Gasteiger partial charge in [0, 0.05) is 25.7 Å². The molecule has 0 aromatic carbocycles. The van der Waals surface area contributed by atoms with Gasteiger partial charge in [0.25, 0.3) is 0 Å². The highest BCUT2D eigenvalue weighted by molar-refractivity contribution is 5.76. The molecule has 1 fully saturated rings. The van der Waals surface area contributed by atoms with Gasteiger partial charge >= 0.3 is 6.03 Å². The molecular weight excluding hydrogens is 152 g/mol. The van der Waals surface area contributed by atoms with Crippen molar-refractivity contribution in [3.63, 3.8) is 0 Å². The monoisotopic (exact) mass is 170 g/mol. The first-order valence-corrected chi connectivity index (χ1v) is 4.37. The molecule has 1 rings (SSSR count). The van der Waals surface area contributed by atoms with E-state index in [9.17, 15) is 4.79 Å². The normalized spacial score (nSPS) is 29.4. The summed E-state index contributed by atoms with van der Waals surface area (Å²) in [5.41, 5.74) is 0.00299. The molecule has 0 saturated carbocycles. The summed E-state index contributed by atoms with van der Waals surface area (Å²) in [6, 6.07) is 0.474. The maximum Gasteiger partial charge on any atom is 0.320 e. The lowest BCUT2D eigenvalue weighted by molar-refractivity contribution is 0.0603. The van der Waals surface area contributed by atoms with Crippen LogP contribution in [0.1, 0.15) is 27.2 Å². The van der Waals surface area contributed by atoms with Crippen LogP contribution in [0.25, 0.3) is 0 Å². The zero-order valence-electron chi connectivity index (χ0n) is 8.59. The number of carbonyl (C=O) groups is 1. The van der Waals surface area contributed by atoms with Crippen molar-refractivity contribution in [3.8, 4) is 0 Å². The molecule has 1 aliphatic heterocycles. The zero-order valence-corrected chi connectivity index (χ0v) is 8.59. The lowest BCUT2D eigenvalue weighted by Crippen LogP contribution is -2.59. The number of carbonyl (C=O) groups excluding carboxylic acids is 1. The summed E-state index contributed by atoms with van der Waals surface area (Å²) in [6.45, 7) is 6.30. The Morgan fingerprint density at radius 3 is 2.42 bits per heavy atom. The predicted octanol–water partition coefficient (Wildman–Crippen LogP) is 1.54. The van der Waals surface area contributed by atoms with Crippen LogP contribution < -0.4 is 0 Å². The fraction of sp³-hybridized carbons (Fsp3) is 0.889. The minimum atomic E-state index is 0.00299. The van der Waals surface area contributed by atoms with Crippen LogP contribution in [0.3, 0.4) is 0 Å². The fourth-order valence-corrected chi connectivity index (χ4v) is 1.68. The van der Waals surface area contributed by atoms with Crippen molar-refractivity contribution in [1.29, 1.82) is 0 Å². The molecule has 2 amide bonds. The lowest BCUT2D eigenvalue weighted by Gasteiger charge is -2.47. The summed E-state index contributed by atoms with van der Waals surface area (Å²) >= 11 is 0. The van der Waals surface area contributed by atoms with Gasteiger partial charge in [0.2, 0.25) is 0 Å². The molecule has 1 heterocycles. The molecule has 1 unspecified atom stereocenters. The molecule has 12 heavy (non-hydrogen) atoms. The number of nitrogens with zero attached hydrogens (tertiary/aromatic N) is 2. The van der Waals surface area contributed by atoms with Gasteiger partial charge < -0.3 is 9.80 Å². The Hall–Kier alpha value is -0.730. The number of hydrogen-bond acceptors (Lipinski definition) is 1. The highest BCUT2D eigenvalue weighted by Gasteiger charge is 2.38. The van der Waals surface area contributed by atoms with Gasteiger partial charge in [-0.25, -0.2) is 4.79 Å². The largest absolute Gasteiger partial charge is 0.325 e. The van der Waals surface area contributed by atoms with Gasteiger partial charge in [-0.1, -0.05) is 0 Å². The van der Waals surface area contributed by atoms with Gasteiger partial charge in [0.05, 0.1) is 0 Å². The average Bonchev–Trinajstić information content (AvgIpc) is 1.97. The van der Waals surface area contributed by atoms with Crippen molar-refractivity contribution in [1.82, 2.24) is 9.80 Å². The van der Waals surface area contributed by atoms with Gasteiger partial charge in [-0.15, -0.1) is 0 Å². The van der Waals surface area contributed by atoms with E-state index in [1.807, 2.05) is 19.0 Å². The summed E-state index contributed by atoms with van der Waals surface area (Å²) in [5, 5.41) is 0. The highest BCUT2D eigenvalue weighted by atomic mass is 16.2. The zero-order chi connectivity index (χ0) is 9.52. The number of amides is 2. The fourth-order valence-electron chi connectivity index (χ4n) is 1.68. The molecular formula is C9H18N2O. The molecule has 3 nitrogen and oxygen atoms in total. The Kier molecular flexibility index (Phi) is 2.06. The predicted molar refractivity (Wildman–Crippen MR) is 49.1 cm³/mol. The molecule has 0 spiro atoms. The van der Waals surface area contributed by atoms with Crippen molar-refractivity contribution in [3.05, 3.63) is 0 Å². The van der Waals surface area contributed by atoms with Crippen molar-refractivity contribution >= 4 is 6.03 Å². The van der Waals surface area contributed by atoms with E-state index in [1.54, 1.807) is 4.90 Å². The number of urea groups is 1. The molecule has 0 aromatic heterocycles. The minimum Gasteiger partial charge on any atom is -0.325 e. The van der Waals surface area contributed by atoms with Crippen LogP contribution in [0, 0.1) is 0 Å². The van der Waals surface area contributed by atoms with Gasteiger partial charge in [-0.2, -0.15) is 0 Å². The summed E-state index contributed by atoms with van der Waals surface area (Å²) in [6.07, 6.45) is 1.03. The summed E-state index contributed by atoms with van der Waals surface area (Å²) in [4.78, 5) is 15.2. The molecule has 1 aliphatic rings. The van der Waals surface area contributed by atoms with E-state index >= 15 is 0 Å². The first-order chi connectivity index (χ1) is 5.36. The maximum atomic E-state index is 11.6. The van der Waals surface area contributed by atoms with E-state index in [2.05, 4.69) is 20.8 Å². The van der Waals surface area contributed by atoms with Crippen LogP contribution in [0.5, 0.6) is 0 Å². The second kappa shape index (κ2) is 2.64. The van der Waals surface area contributed by atoms with Gasteiger partial charge in [-0.3, -0.25) is 0 Å². The molecule has 1 atom stereocenters. The highest BCUT2D eigenvalue weighted by Crippen LogP contribution is 2.27. The van der Waals surface area contributed by atoms with Crippen LogP contribution in [0.4, 0.5) is 4.79 Å². The Balaban J connectivity index is 2.85. The molecule has 0 aliphatic carbocycles. The summed E-state index contributed by atoms with van der Waals surface area (Å²) in [7, 11) is 3.73. The minimum absolute atomic E-state index is 0.00299. The Morgan fingerprint density at radius 2 is 1.92 bits per heavy atom. The Morgan fingerprint density at radius 1 is 1.42 bits per heavy atom. The second-order valence-electron chi connectivity index (χ2n) is 4.32. The first-order valence-electron chi connectivity index (χ1n) is 4.37. The van der Waals surface area contributed by atoms with E-state index < -0.39 is 0 Å². The van der Waals surface area contributed by atoms with Crippen LogP contribution in [0.15, 0.2) is 0 Å². The van der Waals surface area contributed by atoms with Gasteiger partial charge in [0.15, 0.2) is 0 Å². The van der Waals surface area contributed by atoms with Gasteiger partial charge in [-0.05, 0) is 27.2 Å². The van der Waals surface area contributed by atoms with Gasteiger partial charge in [0.1, 0.15) is 0 Å². The Bertz CT molecular complexity index is 201. The standard InChI is InChI=1S/C9H18N2O/c1-7-6-9(2,3)11(5)8(12)10(7)4/h7H,6H2,1-5H3. The number of hydrogen-bond donors (Lipinski definition) is 0. The third-order valence-corrected chi connectivity index (χ3v) is 2.95. The maximum absolute atomic E-state index is 11.6. The van der Waals surface area contributed by atoms with Crippen LogP contribution in [0.2, 0.25) is 0 Å². The molecule has 3 heteroatoms. The lowest BCUT2D eigenvalue weighted by atomic mass is 9.91.